The third-order valence-electron chi connectivity index (χ3n) is 4.54. The van der Waals surface area contributed by atoms with Crippen molar-refractivity contribution in [1.82, 2.24) is 15.2 Å². The lowest BCUT2D eigenvalue weighted by Gasteiger charge is -2.43. The molecule has 5 nitrogen and oxygen atoms in total. The molecule has 1 aromatic rings. The van der Waals surface area contributed by atoms with Crippen molar-refractivity contribution in [2.75, 3.05) is 26.4 Å². The predicted octanol–water partition coefficient (Wildman–Crippen LogP) is 1.59. The molecular formula is C16H26N4O. The Labute approximate surface area is 126 Å². The molecule has 0 atom stereocenters. The molecule has 21 heavy (non-hydrogen) atoms. The summed E-state index contributed by atoms with van der Waals surface area (Å²) in [6, 6.07) is 3.58. The molecule has 0 saturated heterocycles. The fourth-order valence-electron chi connectivity index (χ4n) is 3.02. The zero-order valence-corrected chi connectivity index (χ0v) is 13.1. The lowest BCUT2D eigenvalue weighted by Crippen LogP contribution is -2.54. The van der Waals surface area contributed by atoms with Crippen LogP contribution in [0.4, 0.5) is 5.69 Å². The maximum Gasteiger partial charge on any atom is 0.226 e. The molecular weight excluding hydrogens is 264 g/mol. The molecule has 1 aromatic heterocycles. The van der Waals surface area contributed by atoms with Crippen LogP contribution in [0.1, 0.15) is 37.8 Å². The second-order valence-electron chi connectivity index (χ2n) is 6.22. The number of pyridine rings is 1. The van der Waals surface area contributed by atoms with Gasteiger partial charge in [-0.1, -0.05) is 19.3 Å². The molecule has 116 valence electrons. The highest BCUT2D eigenvalue weighted by molar-refractivity contribution is 5.78. The van der Waals surface area contributed by atoms with Gasteiger partial charge in [0.2, 0.25) is 5.91 Å². The quantitative estimate of drug-likeness (QED) is 0.864. The monoisotopic (exact) mass is 290 g/mol. The van der Waals surface area contributed by atoms with Crippen molar-refractivity contribution >= 4 is 11.6 Å². The molecule has 0 bridgehead atoms. The molecule has 0 spiro atoms. The standard InChI is InChI=1S/C16H26N4O/c1-20(2)16(8-4-3-5-9-16)12-19-15(21)10-14-7-6-13(17)11-18-14/h6-7,11H,3-5,8-10,12,17H2,1-2H3,(H,19,21). The normalized spacial score (nSPS) is 17.7. The summed E-state index contributed by atoms with van der Waals surface area (Å²) < 4.78 is 0. The number of hydrogen-bond donors (Lipinski definition) is 2. The van der Waals surface area contributed by atoms with Crippen LogP contribution in [-0.2, 0) is 11.2 Å². The summed E-state index contributed by atoms with van der Waals surface area (Å²) in [6.45, 7) is 0.716. The Hall–Kier alpha value is -1.62. The number of nitrogens with zero attached hydrogens (tertiary/aromatic N) is 2. The van der Waals surface area contributed by atoms with E-state index in [0.717, 1.165) is 18.5 Å². The van der Waals surface area contributed by atoms with Gasteiger partial charge >= 0.3 is 0 Å². The Balaban J connectivity index is 1.88. The number of carbonyl (C=O) groups is 1. The van der Waals surface area contributed by atoms with E-state index in [0.29, 0.717) is 18.7 Å². The fourth-order valence-corrected chi connectivity index (χ4v) is 3.02. The number of nitrogens with one attached hydrogen (secondary N) is 1. The van der Waals surface area contributed by atoms with Gasteiger partial charge in [-0.2, -0.15) is 0 Å². The fraction of sp³-hybridized carbons (Fsp3) is 0.625. The summed E-state index contributed by atoms with van der Waals surface area (Å²) in [5.74, 6) is 0.0269. The molecule has 2 rings (SSSR count). The van der Waals surface area contributed by atoms with Gasteiger partial charge in [-0.25, -0.2) is 0 Å². The van der Waals surface area contributed by atoms with Crippen molar-refractivity contribution < 1.29 is 4.79 Å². The van der Waals surface area contributed by atoms with Crippen molar-refractivity contribution in [3.63, 3.8) is 0 Å². The number of anilines is 1. The highest BCUT2D eigenvalue weighted by atomic mass is 16.1. The summed E-state index contributed by atoms with van der Waals surface area (Å²) in [7, 11) is 4.22. The molecule has 3 N–H and O–H groups in total. The van der Waals surface area contributed by atoms with Gasteiger partial charge in [0, 0.05) is 17.8 Å². The van der Waals surface area contributed by atoms with Crippen LogP contribution < -0.4 is 11.1 Å². The number of rotatable bonds is 5. The van der Waals surface area contributed by atoms with E-state index in [9.17, 15) is 4.79 Å². The van der Waals surface area contributed by atoms with Crippen LogP contribution in [0.25, 0.3) is 0 Å². The summed E-state index contributed by atoms with van der Waals surface area (Å²) in [5.41, 5.74) is 7.08. The number of hydrogen-bond acceptors (Lipinski definition) is 4. The maximum absolute atomic E-state index is 12.1. The molecule has 0 aromatic carbocycles. The molecule has 0 radical (unpaired) electrons. The second-order valence-corrected chi connectivity index (χ2v) is 6.22. The van der Waals surface area contributed by atoms with Crippen LogP contribution in [-0.4, -0.2) is 42.0 Å². The lowest BCUT2D eigenvalue weighted by atomic mass is 9.80. The first kappa shape index (κ1) is 15.8. The predicted molar refractivity (Wildman–Crippen MR) is 84.9 cm³/mol. The van der Waals surface area contributed by atoms with Crippen molar-refractivity contribution in [2.45, 2.75) is 44.1 Å². The molecule has 1 aliphatic rings. The Bertz CT molecular complexity index is 464. The average molecular weight is 290 g/mol. The van der Waals surface area contributed by atoms with Crippen molar-refractivity contribution in [1.29, 1.82) is 0 Å². The van der Waals surface area contributed by atoms with E-state index in [1.165, 1.54) is 19.3 Å². The first-order valence-corrected chi connectivity index (χ1v) is 7.66. The Morgan fingerprint density at radius 3 is 2.62 bits per heavy atom. The van der Waals surface area contributed by atoms with Gasteiger partial charge in [0.05, 0.1) is 18.3 Å². The Morgan fingerprint density at radius 2 is 2.05 bits per heavy atom. The zero-order valence-electron chi connectivity index (χ0n) is 13.1. The van der Waals surface area contributed by atoms with Crippen LogP contribution in [0.15, 0.2) is 18.3 Å². The molecule has 5 heteroatoms. The first-order valence-electron chi connectivity index (χ1n) is 7.66. The molecule has 1 heterocycles. The third kappa shape index (κ3) is 4.17. The van der Waals surface area contributed by atoms with Gasteiger partial charge in [-0.05, 0) is 39.1 Å². The van der Waals surface area contributed by atoms with Gasteiger partial charge < -0.3 is 16.0 Å². The van der Waals surface area contributed by atoms with E-state index in [1.54, 1.807) is 18.3 Å². The maximum atomic E-state index is 12.1. The van der Waals surface area contributed by atoms with Gasteiger partial charge in [0.1, 0.15) is 0 Å². The summed E-state index contributed by atoms with van der Waals surface area (Å²) in [4.78, 5) is 18.5. The molecule has 1 fully saturated rings. The highest BCUT2D eigenvalue weighted by Gasteiger charge is 2.34. The van der Waals surface area contributed by atoms with E-state index in [1.807, 2.05) is 0 Å². The molecule has 1 saturated carbocycles. The number of nitrogens with two attached hydrogens (primary N) is 1. The molecule has 1 amide bonds. The van der Waals surface area contributed by atoms with Gasteiger partial charge in [-0.15, -0.1) is 0 Å². The zero-order chi connectivity index (χ0) is 15.3. The minimum atomic E-state index is 0.0269. The van der Waals surface area contributed by atoms with E-state index in [2.05, 4.69) is 29.3 Å². The SMILES string of the molecule is CN(C)C1(CNC(=O)Cc2ccc(N)cn2)CCCCC1. The third-order valence-corrected chi connectivity index (χ3v) is 4.54. The van der Waals surface area contributed by atoms with E-state index in [-0.39, 0.29) is 11.4 Å². The van der Waals surface area contributed by atoms with E-state index >= 15 is 0 Å². The topological polar surface area (TPSA) is 71.2 Å². The first-order chi connectivity index (χ1) is 10.0. The minimum absolute atomic E-state index is 0.0269. The number of likely N-dealkylation sites (N-methyl/N-ethyl adjacent to an activating group) is 1. The lowest BCUT2D eigenvalue weighted by molar-refractivity contribution is -0.121. The van der Waals surface area contributed by atoms with Gasteiger partial charge in [0.15, 0.2) is 0 Å². The minimum Gasteiger partial charge on any atom is -0.397 e. The summed E-state index contributed by atoms with van der Waals surface area (Å²) in [5, 5.41) is 3.09. The highest BCUT2D eigenvalue weighted by Crippen LogP contribution is 2.31. The number of nitrogen functional groups attached to an aromatic ring is 1. The van der Waals surface area contributed by atoms with Gasteiger partial charge in [-0.3, -0.25) is 9.78 Å². The van der Waals surface area contributed by atoms with Crippen molar-refractivity contribution in [2.24, 2.45) is 0 Å². The number of amides is 1. The van der Waals surface area contributed by atoms with E-state index in [4.69, 9.17) is 5.73 Å². The van der Waals surface area contributed by atoms with Crippen LogP contribution in [0, 0.1) is 0 Å². The van der Waals surface area contributed by atoms with Crippen LogP contribution >= 0.6 is 0 Å². The summed E-state index contributed by atoms with van der Waals surface area (Å²) in [6.07, 6.45) is 8.00. The van der Waals surface area contributed by atoms with Gasteiger partial charge in [0.25, 0.3) is 0 Å². The Morgan fingerprint density at radius 1 is 1.33 bits per heavy atom. The smallest absolute Gasteiger partial charge is 0.226 e. The van der Waals surface area contributed by atoms with Crippen LogP contribution in [0.5, 0.6) is 0 Å². The molecule has 0 unspecified atom stereocenters. The summed E-state index contributed by atoms with van der Waals surface area (Å²) >= 11 is 0. The van der Waals surface area contributed by atoms with Crippen molar-refractivity contribution in [3.05, 3.63) is 24.0 Å². The average Bonchev–Trinajstić information content (AvgIpc) is 2.48. The molecule has 0 aliphatic heterocycles. The van der Waals surface area contributed by atoms with Crippen LogP contribution in [0.2, 0.25) is 0 Å². The number of aromatic nitrogens is 1. The Kier molecular flexibility index (Phi) is 5.17. The van der Waals surface area contributed by atoms with E-state index < -0.39 is 0 Å². The second kappa shape index (κ2) is 6.89. The van der Waals surface area contributed by atoms with Crippen molar-refractivity contribution in [3.8, 4) is 0 Å². The molecule has 1 aliphatic carbocycles. The largest absolute Gasteiger partial charge is 0.397 e. The number of carbonyl (C=O) groups excluding carboxylic acids is 1. The van der Waals surface area contributed by atoms with Crippen LogP contribution in [0.3, 0.4) is 0 Å².